The molecule has 0 aliphatic rings. The molecule has 0 bridgehead atoms. The molecule has 0 fully saturated rings. The van der Waals surface area contributed by atoms with Gasteiger partial charge in [-0.2, -0.15) is 0 Å². The van der Waals surface area contributed by atoms with Crippen molar-refractivity contribution >= 4 is 34.8 Å². The summed E-state index contributed by atoms with van der Waals surface area (Å²) in [5, 5.41) is 11.4. The molecule has 0 aliphatic carbocycles. The first-order valence-electron chi connectivity index (χ1n) is 7.74. The average molecular weight is 375 g/mol. The molecule has 1 N–H and O–H groups in total. The molecule has 1 aromatic heterocycles. The number of halogens is 2. The molecule has 0 unspecified atom stereocenters. The Kier molecular flexibility index (Phi) is 5.06. The normalized spacial score (nSPS) is 10.7. The lowest BCUT2D eigenvalue weighted by molar-refractivity contribution is 0.102. The van der Waals surface area contributed by atoms with Gasteiger partial charge < -0.3 is 5.32 Å². The van der Waals surface area contributed by atoms with Crippen LogP contribution in [0.15, 0.2) is 43.0 Å². The van der Waals surface area contributed by atoms with Crippen LogP contribution < -0.4 is 5.32 Å². The molecule has 7 heteroatoms. The first-order valence-corrected chi connectivity index (χ1v) is 8.50. The predicted molar refractivity (Wildman–Crippen MR) is 99.9 cm³/mol. The molecule has 1 amide bonds. The number of nitrogens with one attached hydrogen (secondary N) is 1. The number of rotatable bonds is 4. The number of aryl methyl sites for hydroxylation is 2. The quantitative estimate of drug-likeness (QED) is 0.719. The molecule has 0 spiro atoms. The van der Waals surface area contributed by atoms with Crippen LogP contribution in [0.5, 0.6) is 0 Å². The Labute approximate surface area is 155 Å². The van der Waals surface area contributed by atoms with Crippen LogP contribution in [-0.4, -0.2) is 20.7 Å². The molecular formula is C18H16Cl2N4O. The number of amides is 1. The smallest absolute Gasteiger partial charge is 0.257 e. The number of benzene rings is 2. The SMILES string of the molecule is CCc1cc(-n2cnnc2)cc(C)c1NC(=O)c1cc(Cl)ccc1Cl. The van der Waals surface area contributed by atoms with E-state index in [1.807, 2.05) is 30.5 Å². The molecule has 5 nitrogen and oxygen atoms in total. The lowest BCUT2D eigenvalue weighted by Crippen LogP contribution is -2.15. The van der Waals surface area contributed by atoms with Crippen molar-refractivity contribution in [3.8, 4) is 5.69 Å². The molecule has 0 atom stereocenters. The molecule has 0 saturated carbocycles. The van der Waals surface area contributed by atoms with Crippen molar-refractivity contribution in [3.05, 3.63) is 69.7 Å². The Morgan fingerprint density at radius 2 is 1.88 bits per heavy atom. The third kappa shape index (κ3) is 3.67. The lowest BCUT2D eigenvalue weighted by atomic mass is 10.0. The van der Waals surface area contributed by atoms with E-state index in [1.165, 1.54) is 0 Å². The molecule has 3 rings (SSSR count). The topological polar surface area (TPSA) is 59.8 Å². The second-order valence-corrected chi connectivity index (χ2v) is 6.44. The summed E-state index contributed by atoms with van der Waals surface area (Å²) in [6.07, 6.45) is 4.03. The molecule has 0 aliphatic heterocycles. The van der Waals surface area contributed by atoms with Gasteiger partial charge >= 0.3 is 0 Å². The van der Waals surface area contributed by atoms with Gasteiger partial charge in [0.15, 0.2) is 0 Å². The zero-order chi connectivity index (χ0) is 18.0. The monoisotopic (exact) mass is 374 g/mol. The van der Waals surface area contributed by atoms with E-state index in [0.717, 1.165) is 28.9 Å². The first-order chi connectivity index (χ1) is 12.0. The van der Waals surface area contributed by atoms with Gasteiger partial charge in [0.05, 0.1) is 10.6 Å². The Hall–Kier alpha value is -2.37. The summed E-state index contributed by atoms with van der Waals surface area (Å²) in [5.41, 5.74) is 4.02. The highest BCUT2D eigenvalue weighted by Gasteiger charge is 2.15. The minimum Gasteiger partial charge on any atom is -0.321 e. The molecule has 25 heavy (non-hydrogen) atoms. The number of carbonyl (C=O) groups excluding carboxylic acids is 1. The third-order valence-corrected chi connectivity index (χ3v) is 4.48. The van der Waals surface area contributed by atoms with Crippen LogP contribution in [0.3, 0.4) is 0 Å². The van der Waals surface area contributed by atoms with Gasteiger partial charge in [0.1, 0.15) is 12.7 Å². The maximum absolute atomic E-state index is 12.6. The summed E-state index contributed by atoms with van der Waals surface area (Å²) in [6.45, 7) is 3.98. The van der Waals surface area contributed by atoms with E-state index in [-0.39, 0.29) is 5.91 Å². The fourth-order valence-electron chi connectivity index (χ4n) is 2.63. The minimum atomic E-state index is -0.289. The molecule has 3 aromatic rings. The van der Waals surface area contributed by atoms with Gasteiger partial charge in [-0.25, -0.2) is 0 Å². The number of carbonyl (C=O) groups is 1. The Morgan fingerprint density at radius 3 is 2.56 bits per heavy atom. The summed E-state index contributed by atoms with van der Waals surface area (Å²) in [5.74, 6) is -0.289. The van der Waals surface area contributed by atoms with Crippen molar-refractivity contribution in [2.24, 2.45) is 0 Å². The van der Waals surface area contributed by atoms with E-state index in [1.54, 1.807) is 30.9 Å². The Morgan fingerprint density at radius 1 is 1.16 bits per heavy atom. The zero-order valence-electron chi connectivity index (χ0n) is 13.8. The van der Waals surface area contributed by atoms with Gasteiger partial charge in [-0.3, -0.25) is 9.36 Å². The van der Waals surface area contributed by atoms with E-state index >= 15 is 0 Å². The second-order valence-electron chi connectivity index (χ2n) is 5.60. The van der Waals surface area contributed by atoms with Crippen LogP contribution in [0.1, 0.15) is 28.4 Å². The van der Waals surface area contributed by atoms with E-state index in [4.69, 9.17) is 23.2 Å². The molecule has 2 aromatic carbocycles. The molecule has 0 radical (unpaired) electrons. The number of anilines is 1. The fraction of sp³-hybridized carbons (Fsp3) is 0.167. The highest BCUT2D eigenvalue weighted by molar-refractivity contribution is 6.36. The maximum atomic E-state index is 12.6. The van der Waals surface area contributed by atoms with Crippen molar-refractivity contribution < 1.29 is 4.79 Å². The first kappa shape index (κ1) is 17.5. The van der Waals surface area contributed by atoms with Crippen LogP contribution >= 0.6 is 23.2 Å². The van der Waals surface area contributed by atoms with Crippen molar-refractivity contribution in [2.45, 2.75) is 20.3 Å². The molecule has 1 heterocycles. The summed E-state index contributed by atoms with van der Waals surface area (Å²) >= 11 is 12.1. The van der Waals surface area contributed by atoms with Crippen LogP contribution in [0.4, 0.5) is 5.69 Å². The predicted octanol–water partition coefficient (Wildman–Crippen LogP) is 4.70. The van der Waals surface area contributed by atoms with Gasteiger partial charge in [0, 0.05) is 16.4 Å². The Bertz CT molecular complexity index is 923. The lowest BCUT2D eigenvalue weighted by Gasteiger charge is -2.16. The highest BCUT2D eigenvalue weighted by atomic mass is 35.5. The van der Waals surface area contributed by atoms with Crippen molar-refractivity contribution in [1.82, 2.24) is 14.8 Å². The van der Waals surface area contributed by atoms with Crippen LogP contribution in [-0.2, 0) is 6.42 Å². The highest BCUT2D eigenvalue weighted by Crippen LogP contribution is 2.27. The standard InChI is InChI=1S/C18H16Cl2N4O/c1-3-12-7-14(24-9-21-22-10-24)6-11(2)17(12)23-18(25)15-8-13(19)4-5-16(15)20/h4-10H,3H2,1-2H3,(H,23,25). The molecule has 0 saturated heterocycles. The van der Waals surface area contributed by atoms with Crippen molar-refractivity contribution in [1.29, 1.82) is 0 Å². The number of hydrogen-bond donors (Lipinski definition) is 1. The van der Waals surface area contributed by atoms with Gasteiger partial charge in [0.2, 0.25) is 0 Å². The van der Waals surface area contributed by atoms with Crippen LogP contribution in [0, 0.1) is 6.92 Å². The van der Waals surface area contributed by atoms with Crippen molar-refractivity contribution in [2.75, 3.05) is 5.32 Å². The van der Waals surface area contributed by atoms with E-state index < -0.39 is 0 Å². The average Bonchev–Trinajstić information content (AvgIpc) is 3.13. The summed E-state index contributed by atoms with van der Waals surface area (Å²) in [4.78, 5) is 12.6. The number of hydrogen-bond acceptors (Lipinski definition) is 3. The van der Waals surface area contributed by atoms with E-state index in [2.05, 4.69) is 15.5 Å². The zero-order valence-corrected chi connectivity index (χ0v) is 15.3. The van der Waals surface area contributed by atoms with Gasteiger partial charge in [-0.15, -0.1) is 10.2 Å². The van der Waals surface area contributed by atoms with Gasteiger partial charge in [-0.05, 0) is 54.8 Å². The van der Waals surface area contributed by atoms with Crippen molar-refractivity contribution in [3.63, 3.8) is 0 Å². The van der Waals surface area contributed by atoms with Gasteiger partial charge in [-0.1, -0.05) is 30.1 Å². The summed E-state index contributed by atoms with van der Waals surface area (Å²) in [6, 6.07) is 8.80. The number of nitrogens with zero attached hydrogens (tertiary/aromatic N) is 3. The largest absolute Gasteiger partial charge is 0.321 e. The number of aromatic nitrogens is 3. The van der Waals surface area contributed by atoms with E-state index in [0.29, 0.717) is 15.6 Å². The Balaban J connectivity index is 1.97. The minimum absolute atomic E-state index is 0.289. The third-order valence-electron chi connectivity index (χ3n) is 3.91. The van der Waals surface area contributed by atoms with Crippen LogP contribution in [0.2, 0.25) is 10.0 Å². The molecule has 128 valence electrons. The van der Waals surface area contributed by atoms with Crippen LogP contribution in [0.25, 0.3) is 5.69 Å². The summed E-state index contributed by atoms with van der Waals surface area (Å²) in [7, 11) is 0. The molecular weight excluding hydrogens is 359 g/mol. The summed E-state index contributed by atoms with van der Waals surface area (Å²) < 4.78 is 1.82. The fourth-order valence-corrected chi connectivity index (χ4v) is 3.01. The second kappa shape index (κ2) is 7.25. The van der Waals surface area contributed by atoms with E-state index in [9.17, 15) is 4.79 Å². The maximum Gasteiger partial charge on any atom is 0.257 e. The van der Waals surface area contributed by atoms with Gasteiger partial charge in [0.25, 0.3) is 5.91 Å².